The van der Waals surface area contributed by atoms with Crippen LogP contribution in [0.25, 0.3) is 0 Å². The van der Waals surface area contributed by atoms with Crippen LogP contribution in [0.5, 0.6) is 0 Å². The molecule has 0 aromatic heterocycles. The van der Waals surface area contributed by atoms with E-state index in [2.05, 4.69) is 6.58 Å². The van der Waals surface area contributed by atoms with Crippen molar-refractivity contribution in [3.63, 3.8) is 0 Å². The third kappa shape index (κ3) is 2.11. The second-order valence-corrected chi connectivity index (χ2v) is 6.12. The molecule has 4 heteroatoms. The van der Waals surface area contributed by atoms with Crippen LogP contribution in [0.15, 0.2) is 12.2 Å². The SMILES string of the molecule is C=C(C)C(=O)OC1(CO)CCCC2CCCC21CO. The van der Waals surface area contributed by atoms with Crippen LogP contribution in [0.1, 0.15) is 45.4 Å². The zero-order valence-electron chi connectivity index (χ0n) is 11.7. The molecule has 0 aliphatic heterocycles. The van der Waals surface area contributed by atoms with Gasteiger partial charge in [0.2, 0.25) is 0 Å². The van der Waals surface area contributed by atoms with Gasteiger partial charge in [0.15, 0.2) is 0 Å². The smallest absolute Gasteiger partial charge is 0.333 e. The molecule has 2 N–H and O–H groups in total. The maximum atomic E-state index is 11.9. The highest BCUT2D eigenvalue weighted by molar-refractivity contribution is 5.87. The maximum absolute atomic E-state index is 11.9. The van der Waals surface area contributed by atoms with Gasteiger partial charge in [-0.3, -0.25) is 0 Å². The van der Waals surface area contributed by atoms with Crippen LogP contribution in [0, 0.1) is 11.3 Å². The number of rotatable bonds is 4. The fourth-order valence-electron chi connectivity index (χ4n) is 4.09. The number of hydrogen-bond acceptors (Lipinski definition) is 4. The lowest BCUT2D eigenvalue weighted by Crippen LogP contribution is -2.60. The van der Waals surface area contributed by atoms with Crippen LogP contribution in [0.3, 0.4) is 0 Å². The van der Waals surface area contributed by atoms with Crippen molar-refractivity contribution in [2.75, 3.05) is 13.2 Å². The monoisotopic (exact) mass is 268 g/mol. The van der Waals surface area contributed by atoms with Crippen LogP contribution >= 0.6 is 0 Å². The number of esters is 1. The molecule has 0 aromatic carbocycles. The Labute approximate surface area is 114 Å². The molecule has 0 saturated heterocycles. The summed E-state index contributed by atoms with van der Waals surface area (Å²) in [6, 6.07) is 0. The molecule has 0 spiro atoms. The highest BCUT2D eigenvalue weighted by Gasteiger charge is 2.61. The van der Waals surface area contributed by atoms with Crippen LogP contribution in [0.2, 0.25) is 0 Å². The van der Waals surface area contributed by atoms with Crippen LogP contribution in [-0.2, 0) is 9.53 Å². The van der Waals surface area contributed by atoms with Gasteiger partial charge in [0.1, 0.15) is 5.60 Å². The summed E-state index contributed by atoms with van der Waals surface area (Å²) in [5.41, 5.74) is -1.07. The minimum atomic E-state index is -0.933. The molecule has 2 saturated carbocycles. The molecule has 0 amide bonds. The lowest BCUT2D eigenvalue weighted by Gasteiger charge is -2.52. The van der Waals surface area contributed by atoms with E-state index in [9.17, 15) is 15.0 Å². The zero-order valence-corrected chi connectivity index (χ0v) is 11.7. The predicted molar refractivity (Wildman–Crippen MR) is 71.4 cm³/mol. The number of aliphatic hydroxyl groups excluding tert-OH is 2. The van der Waals surface area contributed by atoms with Crippen LogP contribution in [0.4, 0.5) is 0 Å². The summed E-state index contributed by atoms with van der Waals surface area (Å²) in [5.74, 6) is -0.120. The van der Waals surface area contributed by atoms with Crippen molar-refractivity contribution < 1.29 is 19.7 Å². The van der Waals surface area contributed by atoms with E-state index in [1.165, 1.54) is 0 Å². The average Bonchev–Trinajstić information content (AvgIpc) is 2.83. The van der Waals surface area contributed by atoms with E-state index in [1.54, 1.807) is 6.92 Å². The minimum Gasteiger partial charge on any atom is -0.453 e. The number of aliphatic hydroxyl groups is 2. The minimum absolute atomic E-state index is 0.0261. The molecular formula is C15H24O4. The van der Waals surface area contributed by atoms with E-state index in [0.29, 0.717) is 17.9 Å². The van der Waals surface area contributed by atoms with Crippen LogP contribution in [-0.4, -0.2) is 35.0 Å². The fourth-order valence-corrected chi connectivity index (χ4v) is 4.09. The van der Waals surface area contributed by atoms with E-state index in [0.717, 1.165) is 32.1 Å². The van der Waals surface area contributed by atoms with E-state index in [1.807, 2.05) is 0 Å². The molecule has 3 unspecified atom stereocenters. The first-order valence-corrected chi connectivity index (χ1v) is 7.12. The van der Waals surface area contributed by atoms with Crippen molar-refractivity contribution in [2.24, 2.45) is 11.3 Å². The van der Waals surface area contributed by atoms with Crippen LogP contribution < -0.4 is 0 Å². The number of ether oxygens (including phenoxy) is 1. The summed E-state index contributed by atoms with van der Waals surface area (Å²) in [6.07, 6.45) is 5.49. The standard InChI is InChI=1S/C15H24O4/c1-11(2)13(18)19-15(10-17)8-4-6-12-5-3-7-14(12,15)9-16/h12,16-17H,1,3-10H2,2H3. The predicted octanol–water partition coefficient (Wildman–Crippen LogP) is 1.80. The number of carbonyl (C=O) groups excluding carboxylic acids is 1. The summed E-state index contributed by atoms with van der Waals surface area (Å²) in [4.78, 5) is 11.9. The van der Waals surface area contributed by atoms with Crippen molar-refractivity contribution in [1.29, 1.82) is 0 Å². The molecule has 108 valence electrons. The highest BCUT2D eigenvalue weighted by Crippen LogP contribution is 2.58. The lowest BCUT2D eigenvalue weighted by molar-refractivity contribution is -0.208. The lowest BCUT2D eigenvalue weighted by atomic mass is 9.59. The van der Waals surface area contributed by atoms with Gasteiger partial charge in [0.05, 0.1) is 13.2 Å². The summed E-state index contributed by atoms with van der Waals surface area (Å²) >= 11 is 0. The number of carbonyl (C=O) groups is 1. The second kappa shape index (κ2) is 5.25. The molecule has 3 atom stereocenters. The Morgan fingerprint density at radius 1 is 1.26 bits per heavy atom. The summed E-state index contributed by atoms with van der Waals surface area (Å²) in [5, 5.41) is 19.8. The first-order chi connectivity index (χ1) is 9.01. The Morgan fingerprint density at radius 2 is 1.89 bits per heavy atom. The fraction of sp³-hybridized carbons (Fsp3) is 0.800. The highest BCUT2D eigenvalue weighted by atomic mass is 16.6. The molecule has 4 nitrogen and oxygen atoms in total. The largest absolute Gasteiger partial charge is 0.453 e. The Morgan fingerprint density at radius 3 is 2.42 bits per heavy atom. The van der Waals surface area contributed by atoms with Gasteiger partial charge in [-0.25, -0.2) is 4.79 Å². The Kier molecular flexibility index (Phi) is 4.02. The maximum Gasteiger partial charge on any atom is 0.333 e. The van der Waals surface area contributed by atoms with E-state index >= 15 is 0 Å². The van der Waals surface area contributed by atoms with Crippen molar-refractivity contribution in [2.45, 2.75) is 51.0 Å². The quantitative estimate of drug-likeness (QED) is 0.602. The molecule has 19 heavy (non-hydrogen) atoms. The third-order valence-electron chi connectivity index (χ3n) is 5.17. The summed E-state index contributed by atoms with van der Waals surface area (Å²) < 4.78 is 5.65. The molecule has 2 aliphatic carbocycles. The summed E-state index contributed by atoms with van der Waals surface area (Å²) in [6.45, 7) is 4.96. The number of fused-ring (bicyclic) bond motifs is 1. The molecule has 0 radical (unpaired) electrons. The molecular weight excluding hydrogens is 244 g/mol. The summed E-state index contributed by atoms with van der Waals surface area (Å²) in [7, 11) is 0. The van der Waals surface area contributed by atoms with Gasteiger partial charge < -0.3 is 14.9 Å². The molecule has 2 fully saturated rings. The zero-order chi connectivity index (χ0) is 14.1. The molecule has 0 bridgehead atoms. The van der Waals surface area contributed by atoms with Gasteiger partial charge >= 0.3 is 5.97 Å². The third-order valence-corrected chi connectivity index (χ3v) is 5.17. The first kappa shape index (κ1) is 14.5. The molecule has 2 aliphatic rings. The van der Waals surface area contributed by atoms with E-state index in [-0.39, 0.29) is 13.2 Å². The molecule has 0 aromatic rings. The second-order valence-electron chi connectivity index (χ2n) is 6.12. The molecule has 0 heterocycles. The van der Waals surface area contributed by atoms with Gasteiger partial charge in [-0.15, -0.1) is 0 Å². The topological polar surface area (TPSA) is 66.8 Å². The normalized spacial score (nSPS) is 37.7. The van der Waals surface area contributed by atoms with E-state index < -0.39 is 17.0 Å². The van der Waals surface area contributed by atoms with Gasteiger partial charge in [-0.1, -0.05) is 13.0 Å². The van der Waals surface area contributed by atoms with Gasteiger partial charge in [0, 0.05) is 11.0 Å². The van der Waals surface area contributed by atoms with E-state index in [4.69, 9.17) is 4.74 Å². The number of hydrogen-bond donors (Lipinski definition) is 2. The van der Waals surface area contributed by atoms with Gasteiger partial charge in [-0.2, -0.15) is 0 Å². The average molecular weight is 268 g/mol. The Hall–Kier alpha value is -0.870. The van der Waals surface area contributed by atoms with Crippen molar-refractivity contribution in [1.82, 2.24) is 0 Å². The van der Waals surface area contributed by atoms with Crippen molar-refractivity contribution in [3.8, 4) is 0 Å². The Balaban J connectivity index is 2.35. The van der Waals surface area contributed by atoms with Crippen molar-refractivity contribution in [3.05, 3.63) is 12.2 Å². The van der Waals surface area contributed by atoms with Gasteiger partial charge in [0.25, 0.3) is 0 Å². The van der Waals surface area contributed by atoms with Crippen molar-refractivity contribution >= 4 is 5.97 Å². The molecule has 2 rings (SSSR count). The van der Waals surface area contributed by atoms with Gasteiger partial charge in [-0.05, 0) is 44.9 Å². The Bertz CT molecular complexity index is 378. The first-order valence-electron chi connectivity index (χ1n) is 7.12.